The Labute approximate surface area is 134 Å². The van der Waals surface area contributed by atoms with E-state index in [1.165, 1.54) is 17.7 Å². The molecule has 1 unspecified atom stereocenters. The minimum Gasteiger partial charge on any atom is -0.354 e. The van der Waals surface area contributed by atoms with Crippen molar-refractivity contribution < 1.29 is 9.18 Å². The molecule has 1 heterocycles. The molecule has 0 aliphatic rings. The van der Waals surface area contributed by atoms with Crippen LogP contribution in [0.5, 0.6) is 0 Å². The highest BCUT2D eigenvalue weighted by atomic mass is 32.1. The first-order valence-electron chi connectivity index (χ1n) is 7.26. The van der Waals surface area contributed by atoms with E-state index in [9.17, 15) is 9.18 Å². The third-order valence-electron chi connectivity index (χ3n) is 3.57. The molecule has 1 atom stereocenters. The van der Waals surface area contributed by atoms with E-state index in [1.54, 1.807) is 17.4 Å². The predicted octanol–water partition coefficient (Wildman–Crippen LogP) is 3.24. The maximum atomic E-state index is 13.1. The van der Waals surface area contributed by atoms with E-state index in [0.29, 0.717) is 19.4 Å². The van der Waals surface area contributed by atoms with Crippen molar-refractivity contribution in [3.63, 3.8) is 0 Å². The lowest BCUT2D eigenvalue weighted by molar-refractivity contribution is -0.121. The third kappa shape index (κ3) is 4.93. The van der Waals surface area contributed by atoms with Gasteiger partial charge in [0.25, 0.3) is 0 Å². The Hall–Kier alpha value is -1.72. The number of nitrogens with zero attached hydrogens (tertiary/aromatic N) is 1. The lowest BCUT2D eigenvalue weighted by Crippen LogP contribution is -2.34. The fraction of sp³-hybridized carbons (Fsp3) is 0.353. The lowest BCUT2D eigenvalue weighted by Gasteiger charge is -2.24. The number of benzene rings is 1. The van der Waals surface area contributed by atoms with Crippen LogP contribution in [0.25, 0.3) is 0 Å². The van der Waals surface area contributed by atoms with E-state index in [-0.39, 0.29) is 17.8 Å². The van der Waals surface area contributed by atoms with Crippen LogP contribution in [0.1, 0.15) is 23.6 Å². The van der Waals surface area contributed by atoms with Crippen LogP contribution in [-0.2, 0) is 11.2 Å². The number of thiophene rings is 1. The highest BCUT2D eigenvalue weighted by Crippen LogP contribution is 2.20. The Morgan fingerprint density at radius 1 is 1.36 bits per heavy atom. The molecule has 5 heteroatoms. The Balaban J connectivity index is 1.81. The molecule has 118 valence electrons. The van der Waals surface area contributed by atoms with E-state index in [2.05, 4.69) is 21.7 Å². The summed E-state index contributed by atoms with van der Waals surface area (Å²) in [4.78, 5) is 14.1. The first-order chi connectivity index (χ1) is 10.6. The molecular formula is C17H21FN2OS. The van der Waals surface area contributed by atoms with Crippen molar-refractivity contribution in [1.82, 2.24) is 10.2 Å². The number of nitrogens with one attached hydrogen (secondary N) is 1. The van der Waals surface area contributed by atoms with E-state index >= 15 is 0 Å². The SMILES string of the molecule is CN(C)C(CNC(=O)CCc1cccc(F)c1)c1ccsc1. The number of carbonyl (C=O) groups is 1. The summed E-state index contributed by atoms with van der Waals surface area (Å²) in [5.74, 6) is -0.269. The van der Waals surface area contributed by atoms with Crippen LogP contribution >= 0.6 is 11.3 Å². The molecule has 0 saturated carbocycles. The number of aryl methyl sites for hydroxylation is 1. The summed E-state index contributed by atoms with van der Waals surface area (Å²) in [5, 5.41) is 7.11. The Morgan fingerprint density at radius 2 is 2.18 bits per heavy atom. The zero-order valence-corrected chi connectivity index (χ0v) is 13.7. The van der Waals surface area contributed by atoms with E-state index in [0.717, 1.165) is 5.56 Å². The van der Waals surface area contributed by atoms with Gasteiger partial charge in [0, 0.05) is 13.0 Å². The monoisotopic (exact) mass is 320 g/mol. The Morgan fingerprint density at radius 3 is 2.82 bits per heavy atom. The zero-order chi connectivity index (χ0) is 15.9. The molecule has 0 radical (unpaired) electrons. The molecule has 0 saturated heterocycles. The smallest absolute Gasteiger partial charge is 0.220 e. The number of rotatable bonds is 7. The number of hydrogen-bond donors (Lipinski definition) is 1. The molecule has 2 aromatic rings. The molecule has 3 nitrogen and oxygen atoms in total. The molecule has 0 aliphatic heterocycles. The van der Waals surface area contributed by atoms with Gasteiger partial charge in [0.15, 0.2) is 0 Å². The van der Waals surface area contributed by atoms with Gasteiger partial charge in [-0.15, -0.1) is 0 Å². The van der Waals surface area contributed by atoms with Gasteiger partial charge in [0.2, 0.25) is 5.91 Å². The van der Waals surface area contributed by atoms with Crippen LogP contribution in [0.2, 0.25) is 0 Å². The lowest BCUT2D eigenvalue weighted by atomic mass is 10.1. The second-order valence-corrected chi connectivity index (χ2v) is 6.25. The standard InChI is InChI=1S/C17H21FN2OS/c1-20(2)16(14-8-9-22-12-14)11-19-17(21)7-6-13-4-3-5-15(18)10-13/h3-5,8-10,12,16H,6-7,11H2,1-2H3,(H,19,21). The minimum atomic E-state index is -0.261. The van der Waals surface area contributed by atoms with Crippen molar-refractivity contribution in [2.45, 2.75) is 18.9 Å². The molecular weight excluding hydrogens is 299 g/mol. The molecule has 0 spiro atoms. The summed E-state index contributed by atoms with van der Waals surface area (Å²) in [6, 6.07) is 8.64. The highest BCUT2D eigenvalue weighted by molar-refractivity contribution is 7.07. The van der Waals surface area contributed by atoms with Crippen LogP contribution in [0.15, 0.2) is 41.1 Å². The number of hydrogen-bond acceptors (Lipinski definition) is 3. The average molecular weight is 320 g/mol. The van der Waals surface area contributed by atoms with Gasteiger partial charge in [-0.05, 0) is 60.6 Å². The second-order valence-electron chi connectivity index (χ2n) is 5.47. The van der Waals surface area contributed by atoms with Crippen molar-refractivity contribution in [1.29, 1.82) is 0 Å². The minimum absolute atomic E-state index is 0.00802. The van der Waals surface area contributed by atoms with Gasteiger partial charge in [0.05, 0.1) is 6.04 Å². The molecule has 2 rings (SSSR count). The van der Waals surface area contributed by atoms with Gasteiger partial charge in [-0.25, -0.2) is 4.39 Å². The fourth-order valence-electron chi connectivity index (χ4n) is 2.31. The Kier molecular flexibility index (Phi) is 6.10. The van der Waals surface area contributed by atoms with Gasteiger partial charge in [-0.3, -0.25) is 4.79 Å². The second kappa shape index (κ2) is 8.06. The first kappa shape index (κ1) is 16.6. The van der Waals surface area contributed by atoms with Crippen molar-refractivity contribution in [3.8, 4) is 0 Å². The van der Waals surface area contributed by atoms with Gasteiger partial charge >= 0.3 is 0 Å². The van der Waals surface area contributed by atoms with Gasteiger partial charge < -0.3 is 10.2 Å². The normalized spacial score (nSPS) is 12.4. The molecule has 1 aromatic heterocycles. The number of amides is 1. The van der Waals surface area contributed by atoms with Crippen LogP contribution < -0.4 is 5.32 Å². The molecule has 0 aliphatic carbocycles. The molecule has 0 bridgehead atoms. The summed E-state index contributed by atoms with van der Waals surface area (Å²) in [5.41, 5.74) is 2.05. The average Bonchev–Trinajstić information content (AvgIpc) is 2.99. The third-order valence-corrected chi connectivity index (χ3v) is 4.28. The molecule has 1 N–H and O–H groups in total. The summed E-state index contributed by atoms with van der Waals surface area (Å²) < 4.78 is 13.1. The van der Waals surface area contributed by atoms with Crippen LogP contribution in [0.4, 0.5) is 4.39 Å². The van der Waals surface area contributed by atoms with E-state index < -0.39 is 0 Å². The van der Waals surface area contributed by atoms with Gasteiger partial charge in [-0.2, -0.15) is 11.3 Å². The van der Waals surface area contributed by atoms with Crippen LogP contribution in [0, 0.1) is 5.82 Å². The van der Waals surface area contributed by atoms with E-state index in [1.807, 2.05) is 25.5 Å². The maximum absolute atomic E-state index is 13.1. The van der Waals surface area contributed by atoms with Crippen molar-refractivity contribution in [2.75, 3.05) is 20.6 Å². The summed E-state index contributed by atoms with van der Waals surface area (Å²) in [6.07, 6.45) is 0.919. The quantitative estimate of drug-likeness (QED) is 0.849. The largest absolute Gasteiger partial charge is 0.354 e. The summed E-state index contributed by atoms with van der Waals surface area (Å²) in [6.45, 7) is 0.575. The van der Waals surface area contributed by atoms with Crippen molar-refractivity contribution in [2.24, 2.45) is 0 Å². The van der Waals surface area contributed by atoms with Gasteiger partial charge in [0.1, 0.15) is 5.82 Å². The highest BCUT2D eigenvalue weighted by Gasteiger charge is 2.15. The molecule has 1 amide bonds. The zero-order valence-electron chi connectivity index (χ0n) is 12.9. The maximum Gasteiger partial charge on any atom is 0.220 e. The summed E-state index contributed by atoms with van der Waals surface area (Å²) >= 11 is 1.65. The van der Waals surface area contributed by atoms with Crippen molar-refractivity contribution in [3.05, 3.63) is 58.0 Å². The van der Waals surface area contributed by atoms with Gasteiger partial charge in [-0.1, -0.05) is 12.1 Å². The van der Waals surface area contributed by atoms with E-state index in [4.69, 9.17) is 0 Å². The number of carbonyl (C=O) groups excluding carboxylic acids is 1. The summed E-state index contributed by atoms with van der Waals surface area (Å²) in [7, 11) is 4.00. The van der Waals surface area contributed by atoms with Crippen LogP contribution in [-0.4, -0.2) is 31.4 Å². The number of halogens is 1. The fourth-order valence-corrected chi connectivity index (χ4v) is 3.02. The Bertz CT molecular complexity index is 598. The van der Waals surface area contributed by atoms with Crippen molar-refractivity contribution >= 4 is 17.2 Å². The molecule has 0 fully saturated rings. The number of likely N-dealkylation sites (N-methyl/N-ethyl adjacent to an activating group) is 1. The topological polar surface area (TPSA) is 32.3 Å². The predicted molar refractivity (Wildman–Crippen MR) is 88.5 cm³/mol. The first-order valence-corrected chi connectivity index (χ1v) is 8.20. The molecule has 1 aromatic carbocycles. The molecule has 22 heavy (non-hydrogen) atoms. The van der Waals surface area contributed by atoms with Crippen LogP contribution in [0.3, 0.4) is 0 Å².